The van der Waals surface area contributed by atoms with Gasteiger partial charge in [0.05, 0.1) is 16.5 Å². The fraction of sp³-hybridized carbons (Fsp3) is 1.00. The minimum absolute atomic E-state index is 0.140. The van der Waals surface area contributed by atoms with E-state index in [0.717, 1.165) is 19.3 Å². The topological polar surface area (TPSA) is 58.9 Å². The molecular weight excluding hydrogens is 290 g/mol. The Morgan fingerprint density at radius 3 is 2.57 bits per heavy atom. The normalized spacial score (nSPS) is 38.7. The Labute approximate surface area is 133 Å². The number of hydrogen-bond donors (Lipinski definition) is 2. The predicted octanol–water partition coefficient (Wildman–Crippen LogP) is 2.39. The third-order valence-corrected chi connectivity index (χ3v) is 6.34. The number of fused-ring (bicyclic) bond motifs is 2. The highest BCUT2D eigenvalue weighted by Crippen LogP contribution is 2.67. The monoisotopic (exact) mass is 318 g/mol. The molecule has 0 heterocycles. The molecule has 0 aliphatic heterocycles. The zero-order valence-corrected chi connectivity index (χ0v) is 14.3. The molecule has 4 atom stereocenters. The molecule has 3 rings (SSSR count). The van der Waals surface area contributed by atoms with Crippen LogP contribution in [0, 0.1) is 11.3 Å². The molecular formula is C15H28BClO4. The Bertz CT molecular complexity index is 367. The molecule has 2 bridgehead atoms. The largest absolute Gasteiger partial charge is 0.473 e. The number of aliphatic hydroxyl groups is 1. The quantitative estimate of drug-likeness (QED) is 0.430. The molecule has 3 fully saturated rings. The fourth-order valence-electron chi connectivity index (χ4n) is 4.27. The highest BCUT2D eigenvalue weighted by Gasteiger charge is 2.71. The minimum atomic E-state index is -1.06. The zero-order valence-electron chi connectivity index (χ0n) is 13.6. The lowest BCUT2D eigenvalue weighted by Gasteiger charge is -2.71. The van der Waals surface area contributed by atoms with Crippen molar-refractivity contribution in [2.75, 3.05) is 13.7 Å². The van der Waals surface area contributed by atoms with Crippen molar-refractivity contribution < 1.29 is 19.5 Å². The maximum atomic E-state index is 10.8. The van der Waals surface area contributed by atoms with Gasteiger partial charge in [0.25, 0.3) is 0 Å². The summed E-state index contributed by atoms with van der Waals surface area (Å²) >= 11 is 6.24. The molecule has 0 spiro atoms. The van der Waals surface area contributed by atoms with Crippen LogP contribution in [0.3, 0.4) is 0 Å². The molecule has 0 aromatic carbocycles. The average molecular weight is 319 g/mol. The molecule has 3 aliphatic rings. The van der Waals surface area contributed by atoms with Crippen molar-refractivity contribution in [3.63, 3.8) is 0 Å². The smallest absolute Gasteiger partial charge is 0.426 e. The van der Waals surface area contributed by atoms with Gasteiger partial charge in [-0.2, -0.15) is 0 Å². The maximum Gasteiger partial charge on any atom is 0.473 e. The Morgan fingerprint density at radius 1 is 1.38 bits per heavy atom. The van der Waals surface area contributed by atoms with E-state index in [0.29, 0.717) is 25.4 Å². The van der Waals surface area contributed by atoms with Crippen molar-refractivity contribution in [1.82, 2.24) is 0 Å². The van der Waals surface area contributed by atoms with Crippen LogP contribution in [-0.4, -0.2) is 47.4 Å². The molecule has 3 unspecified atom stereocenters. The molecule has 0 saturated heterocycles. The van der Waals surface area contributed by atoms with Crippen molar-refractivity contribution in [3.8, 4) is 0 Å². The van der Waals surface area contributed by atoms with Crippen LogP contribution in [0.2, 0.25) is 0 Å². The van der Waals surface area contributed by atoms with E-state index in [1.54, 1.807) is 7.11 Å². The Hall–Kier alpha value is 0.195. The number of ether oxygens (including phenoxy) is 1. The highest BCUT2D eigenvalue weighted by atomic mass is 35.5. The van der Waals surface area contributed by atoms with Crippen LogP contribution < -0.4 is 0 Å². The number of alkyl halides is 1. The van der Waals surface area contributed by atoms with E-state index in [1.165, 1.54) is 0 Å². The van der Waals surface area contributed by atoms with Crippen LogP contribution in [-0.2, 0) is 9.39 Å². The van der Waals surface area contributed by atoms with Gasteiger partial charge in [-0.25, -0.2) is 0 Å². The van der Waals surface area contributed by atoms with Crippen molar-refractivity contribution in [1.29, 1.82) is 0 Å². The second-order valence-electron chi connectivity index (χ2n) is 7.42. The van der Waals surface area contributed by atoms with Crippen LogP contribution >= 0.6 is 11.6 Å². The molecule has 0 amide bonds. The molecule has 0 radical (unpaired) electrons. The molecule has 0 aromatic heterocycles. The standard InChI is InChI=1S/C15H28BClO4/c1-13(2)11-7-8-14(3,18)15(13,10-11)21-16(19)12(17)6-5-9-20-4/h11-12,18-19H,5-10H2,1-4H3/t11?,12-,14?,15?/m1/s1. The molecule has 3 saturated carbocycles. The summed E-state index contributed by atoms with van der Waals surface area (Å²) in [6, 6.07) is 0. The number of hydrogen-bond acceptors (Lipinski definition) is 4. The Balaban J connectivity index is 2.03. The Kier molecular flexibility index (Phi) is 5.02. The van der Waals surface area contributed by atoms with Gasteiger partial charge in [0.2, 0.25) is 0 Å². The van der Waals surface area contributed by atoms with Crippen LogP contribution in [0.4, 0.5) is 0 Å². The number of rotatable bonds is 7. The van der Waals surface area contributed by atoms with E-state index in [1.807, 2.05) is 6.92 Å². The van der Waals surface area contributed by atoms with Gasteiger partial charge < -0.3 is 19.5 Å². The van der Waals surface area contributed by atoms with Crippen molar-refractivity contribution in [2.24, 2.45) is 11.3 Å². The van der Waals surface area contributed by atoms with Crippen molar-refractivity contribution in [3.05, 3.63) is 0 Å². The average Bonchev–Trinajstić information content (AvgIpc) is 2.40. The Morgan fingerprint density at radius 2 is 2.05 bits per heavy atom. The summed E-state index contributed by atoms with van der Waals surface area (Å²) in [6.07, 6.45) is 3.93. The van der Waals surface area contributed by atoms with Crippen molar-refractivity contribution in [2.45, 2.75) is 69.4 Å². The lowest BCUT2D eigenvalue weighted by atomic mass is 9.40. The number of methoxy groups -OCH3 is 1. The van der Waals surface area contributed by atoms with Crippen LogP contribution in [0.1, 0.15) is 52.9 Å². The molecule has 122 valence electrons. The van der Waals surface area contributed by atoms with E-state index in [4.69, 9.17) is 21.0 Å². The molecule has 0 aromatic rings. The molecule has 2 N–H and O–H groups in total. The summed E-state index contributed by atoms with van der Waals surface area (Å²) in [6.45, 7) is 6.68. The first-order valence-corrected chi connectivity index (χ1v) is 8.33. The number of halogens is 1. The van der Waals surface area contributed by atoms with Gasteiger partial charge in [0.1, 0.15) is 0 Å². The fourth-order valence-corrected chi connectivity index (χ4v) is 4.48. The van der Waals surface area contributed by atoms with Gasteiger partial charge in [0.15, 0.2) is 0 Å². The van der Waals surface area contributed by atoms with Gasteiger partial charge in [-0.15, -0.1) is 11.6 Å². The first kappa shape index (κ1) is 17.5. The molecule has 4 nitrogen and oxygen atoms in total. The summed E-state index contributed by atoms with van der Waals surface area (Å²) in [7, 11) is 0.582. The highest BCUT2D eigenvalue weighted by molar-refractivity contribution is 6.58. The first-order valence-electron chi connectivity index (χ1n) is 7.89. The lowest BCUT2D eigenvalue weighted by molar-refractivity contribution is -0.304. The third kappa shape index (κ3) is 2.76. The second kappa shape index (κ2) is 6.01. The first-order chi connectivity index (χ1) is 9.68. The van der Waals surface area contributed by atoms with Gasteiger partial charge in [-0.05, 0) is 50.4 Å². The van der Waals surface area contributed by atoms with E-state index in [2.05, 4.69) is 13.8 Å². The second-order valence-corrected chi connectivity index (χ2v) is 7.98. The van der Waals surface area contributed by atoms with Crippen LogP contribution in [0.5, 0.6) is 0 Å². The van der Waals surface area contributed by atoms with Gasteiger partial charge in [-0.1, -0.05) is 13.8 Å². The molecule has 3 aliphatic carbocycles. The van der Waals surface area contributed by atoms with E-state index in [-0.39, 0.29) is 5.41 Å². The minimum Gasteiger partial charge on any atom is -0.426 e. The molecule has 21 heavy (non-hydrogen) atoms. The SMILES string of the molecule is COCCC[C@@H](Cl)B(O)OC12CC(CCC1(C)O)C2(C)C. The summed E-state index contributed by atoms with van der Waals surface area (Å²) in [4.78, 5) is 0. The van der Waals surface area contributed by atoms with Gasteiger partial charge in [0, 0.05) is 13.7 Å². The van der Waals surface area contributed by atoms with E-state index in [9.17, 15) is 10.1 Å². The maximum absolute atomic E-state index is 10.8. The van der Waals surface area contributed by atoms with Gasteiger partial charge in [-0.3, -0.25) is 0 Å². The van der Waals surface area contributed by atoms with Crippen LogP contribution in [0.25, 0.3) is 0 Å². The predicted molar refractivity (Wildman–Crippen MR) is 84.3 cm³/mol. The van der Waals surface area contributed by atoms with E-state index >= 15 is 0 Å². The van der Waals surface area contributed by atoms with E-state index < -0.39 is 23.6 Å². The van der Waals surface area contributed by atoms with Crippen LogP contribution in [0.15, 0.2) is 0 Å². The summed E-state index contributed by atoms with van der Waals surface area (Å²) < 4.78 is 11.0. The zero-order chi connectivity index (χ0) is 15.9. The summed E-state index contributed by atoms with van der Waals surface area (Å²) in [5, 5.41) is 20.6. The van der Waals surface area contributed by atoms with Gasteiger partial charge >= 0.3 is 7.12 Å². The third-order valence-electron chi connectivity index (χ3n) is 5.90. The van der Waals surface area contributed by atoms with Crippen molar-refractivity contribution >= 4 is 18.7 Å². The summed E-state index contributed by atoms with van der Waals surface area (Å²) in [5.41, 5.74) is -1.76. The lowest BCUT2D eigenvalue weighted by Crippen LogP contribution is -2.77. The summed E-state index contributed by atoms with van der Waals surface area (Å²) in [5.74, 6) is 0.548. The molecule has 6 heteroatoms.